The number of hydrogen-bond donors (Lipinski definition) is 1. The zero-order valence-corrected chi connectivity index (χ0v) is 12.4. The number of ether oxygens (including phenoxy) is 1. The van der Waals surface area contributed by atoms with Crippen molar-refractivity contribution in [3.05, 3.63) is 45.3 Å². The van der Waals surface area contributed by atoms with Crippen molar-refractivity contribution >= 4 is 11.3 Å². The summed E-state index contributed by atoms with van der Waals surface area (Å²) in [6.45, 7) is 0.780. The molecule has 0 bridgehead atoms. The predicted octanol–water partition coefficient (Wildman–Crippen LogP) is 2.19. The van der Waals surface area contributed by atoms with Gasteiger partial charge in [0.2, 0.25) is 0 Å². The minimum Gasteiger partial charge on any atom is -0.399 e. The largest absolute Gasteiger partial charge is 0.399 e. The summed E-state index contributed by atoms with van der Waals surface area (Å²) in [6, 6.07) is 8.13. The highest BCUT2D eigenvalue weighted by atomic mass is 32.1. The lowest BCUT2D eigenvalue weighted by Gasteiger charge is -2.42. The number of nitriles is 3. The SMILES string of the molecule is N#CC1=C(N)C(C#N)(C#N)[C@H](c2ccsc2)[C@@H]2COCC=C12. The molecule has 0 radical (unpaired) electrons. The van der Waals surface area contributed by atoms with Crippen molar-refractivity contribution in [3.8, 4) is 18.2 Å². The quantitative estimate of drug-likeness (QED) is 0.855. The van der Waals surface area contributed by atoms with Crippen LogP contribution in [0.25, 0.3) is 0 Å². The molecule has 2 heterocycles. The first-order chi connectivity index (χ1) is 10.7. The van der Waals surface area contributed by atoms with Gasteiger partial charge in [-0.3, -0.25) is 0 Å². The molecule has 3 rings (SSSR count). The number of hydrogen-bond acceptors (Lipinski definition) is 6. The molecule has 1 aliphatic carbocycles. The third kappa shape index (κ3) is 1.77. The van der Waals surface area contributed by atoms with E-state index in [9.17, 15) is 15.8 Å². The second-order valence-electron chi connectivity index (χ2n) is 5.27. The highest BCUT2D eigenvalue weighted by Gasteiger charge is 2.54. The van der Waals surface area contributed by atoms with Gasteiger partial charge in [-0.05, 0) is 28.0 Å². The molecule has 2 aliphatic rings. The summed E-state index contributed by atoms with van der Waals surface area (Å²) in [5.41, 5.74) is 6.57. The van der Waals surface area contributed by atoms with Crippen LogP contribution in [0.3, 0.4) is 0 Å². The summed E-state index contributed by atoms with van der Waals surface area (Å²) < 4.78 is 5.51. The number of thiophene rings is 1. The number of nitrogens with two attached hydrogens (primary N) is 1. The topological polar surface area (TPSA) is 107 Å². The highest BCUT2D eigenvalue weighted by Crippen LogP contribution is 2.54. The van der Waals surface area contributed by atoms with Gasteiger partial charge in [0.05, 0.1) is 36.6 Å². The van der Waals surface area contributed by atoms with Crippen LogP contribution in [0.4, 0.5) is 0 Å². The highest BCUT2D eigenvalue weighted by molar-refractivity contribution is 7.08. The maximum Gasteiger partial charge on any atom is 0.191 e. The fourth-order valence-corrected chi connectivity index (χ4v) is 4.01. The zero-order chi connectivity index (χ0) is 15.7. The van der Waals surface area contributed by atoms with E-state index in [0.29, 0.717) is 13.2 Å². The van der Waals surface area contributed by atoms with Crippen LogP contribution in [0.1, 0.15) is 11.5 Å². The first-order valence-corrected chi connectivity index (χ1v) is 7.67. The molecule has 0 fully saturated rings. The first-order valence-electron chi connectivity index (χ1n) is 6.72. The average molecular weight is 308 g/mol. The number of rotatable bonds is 1. The third-order valence-corrected chi connectivity index (χ3v) is 5.04. The Bertz CT molecular complexity index is 772. The van der Waals surface area contributed by atoms with E-state index in [0.717, 1.165) is 11.1 Å². The second kappa shape index (κ2) is 5.31. The van der Waals surface area contributed by atoms with Crippen molar-refractivity contribution in [2.45, 2.75) is 5.92 Å². The van der Waals surface area contributed by atoms with E-state index in [-0.39, 0.29) is 17.2 Å². The lowest BCUT2D eigenvalue weighted by atomic mass is 9.59. The van der Waals surface area contributed by atoms with Crippen LogP contribution in [0.5, 0.6) is 0 Å². The van der Waals surface area contributed by atoms with Gasteiger partial charge < -0.3 is 10.5 Å². The fraction of sp³-hybridized carbons (Fsp3) is 0.312. The van der Waals surface area contributed by atoms with E-state index in [1.165, 1.54) is 11.3 Å². The summed E-state index contributed by atoms with van der Waals surface area (Å²) >= 11 is 1.50. The normalized spacial score (nSPS) is 26.1. The molecule has 5 nitrogen and oxygen atoms in total. The van der Waals surface area contributed by atoms with E-state index in [2.05, 4.69) is 18.2 Å². The number of fused-ring (bicyclic) bond motifs is 1. The van der Waals surface area contributed by atoms with Gasteiger partial charge in [0.25, 0.3) is 0 Å². The van der Waals surface area contributed by atoms with Gasteiger partial charge in [-0.1, -0.05) is 6.08 Å². The molecule has 2 N–H and O–H groups in total. The molecule has 0 unspecified atom stereocenters. The molecule has 1 aromatic heterocycles. The summed E-state index contributed by atoms with van der Waals surface area (Å²) in [4.78, 5) is 0. The standard InChI is InChI=1S/C16H12N4OS/c17-5-12-11-1-3-21-6-13(11)14(10-2-4-22-7-10)16(8-18,9-19)15(12)20/h1-2,4,7,13-14H,3,6,20H2/t13-,14-/m1/s1. The molecule has 0 saturated carbocycles. The Kier molecular flexibility index (Phi) is 3.47. The summed E-state index contributed by atoms with van der Waals surface area (Å²) in [6.07, 6.45) is 1.83. The Hall–Kier alpha value is -2.59. The Labute approximate surface area is 132 Å². The van der Waals surface area contributed by atoms with Gasteiger partial charge in [-0.2, -0.15) is 27.1 Å². The summed E-state index contributed by atoms with van der Waals surface area (Å²) in [7, 11) is 0. The zero-order valence-electron chi connectivity index (χ0n) is 11.6. The molecule has 0 saturated heterocycles. The van der Waals surface area contributed by atoms with E-state index in [4.69, 9.17) is 10.5 Å². The molecule has 108 valence electrons. The Morgan fingerprint density at radius 3 is 2.68 bits per heavy atom. The van der Waals surface area contributed by atoms with Crippen molar-refractivity contribution in [1.29, 1.82) is 15.8 Å². The minimum absolute atomic E-state index is 0.0561. The summed E-state index contributed by atoms with van der Waals surface area (Å²) in [5, 5.41) is 32.7. The maximum absolute atomic E-state index is 9.73. The molecule has 6 heteroatoms. The molecule has 22 heavy (non-hydrogen) atoms. The second-order valence-corrected chi connectivity index (χ2v) is 6.05. The first kappa shape index (κ1) is 14.4. The van der Waals surface area contributed by atoms with Crippen molar-refractivity contribution in [1.82, 2.24) is 0 Å². The van der Waals surface area contributed by atoms with Crippen molar-refractivity contribution in [2.24, 2.45) is 17.1 Å². The van der Waals surface area contributed by atoms with Gasteiger partial charge in [0, 0.05) is 11.8 Å². The lowest BCUT2D eigenvalue weighted by Crippen LogP contribution is -2.44. The van der Waals surface area contributed by atoms with Crippen LogP contribution >= 0.6 is 11.3 Å². The van der Waals surface area contributed by atoms with Crippen LogP contribution in [0.2, 0.25) is 0 Å². The number of nitrogens with zero attached hydrogens (tertiary/aromatic N) is 3. The van der Waals surface area contributed by atoms with E-state index in [1.807, 2.05) is 22.9 Å². The molecular formula is C16H12N4OS. The van der Waals surface area contributed by atoms with Crippen molar-refractivity contribution in [2.75, 3.05) is 13.2 Å². The molecule has 0 spiro atoms. The molecule has 1 aliphatic heterocycles. The number of allylic oxidation sites excluding steroid dienone is 2. The maximum atomic E-state index is 9.73. The summed E-state index contributed by atoms with van der Waals surface area (Å²) in [5.74, 6) is -0.651. The Morgan fingerprint density at radius 2 is 2.09 bits per heavy atom. The van der Waals surface area contributed by atoms with Gasteiger partial charge in [0.1, 0.15) is 6.07 Å². The molecular weight excluding hydrogens is 296 g/mol. The van der Waals surface area contributed by atoms with Gasteiger partial charge >= 0.3 is 0 Å². The van der Waals surface area contributed by atoms with Crippen LogP contribution in [0.15, 0.2) is 39.7 Å². The van der Waals surface area contributed by atoms with Gasteiger partial charge in [0.15, 0.2) is 5.41 Å². The van der Waals surface area contributed by atoms with E-state index >= 15 is 0 Å². The van der Waals surface area contributed by atoms with Crippen molar-refractivity contribution in [3.63, 3.8) is 0 Å². The van der Waals surface area contributed by atoms with E-state index in [1.54, 1.807) is 0 Å². The van der Waals surface area contributed by atoms with Gasteiger partial charge in [-0.25, -0.2) is 0 Å². The monoisotopic (exact) mass is 308 g/mol. The van der Waals surface area contributed by atoms with Crippen LogP contribution < -0.4 is 5.73 Å². The third-order valence-electron chi connectivity index (χ3n) is 4.34. The molecule has 1 aromatic rings. The van der Waals surface area contributed by atoms with Crippen molar-refractivity contribution < 1.29 is 4.74 Å². The van der Waals surface area contributed by atoms with E-state index < -0.39 is 11.3 Å². The molecule has 2 atom stereocenters. The van der Waals surface area contributed by atoms with Gasteiger partial charge in [-0.15, -0.1) is 0 Å². The Balaban J connectivity index is 2.33. The lowest BCUT2D eigenvalue weighted by molar-refractivity contribution is 0.0980. The smallest absolute Gasteiger partial charge is 0.191 e. The molecule has 0 aromatic carbocycles. The van der Waals surface area contributed by atoms with Crippen LogP contribution in [0, 0.1) is 45.3 Å². The minimum atomic E-state index is -1.55. The Morgan fingerprint density at radius 1 is 1.32 bits per heavy atom. The van der Waals surface area contributed by atoms with Crippen LogP contribution in [-0.4, -0.2) is 13.2 Å². The predicted molar refractivity (Wildman–Crippen MR) is 79.9 cm³/mol. The average Bonchev–Trinajstić information content (AvgIpc) is 3.08. The fourth-order valence-electron chi connectivity index (χ4n) is 3.31. The molecule has 0 amide bonds. The van der Waals surface area contributed by atoms with Crippen LogP contribution in [-0.2, 0) is 4.74 Å².